The number of hydrogen-bond donors (Lipinski definition) is 0. The quantitative estimate of drug-likeness (QED) is 0.135. The first kappa shape index (κ1) is 29.4. The third-order valence-corrected chi connectivity index (χ3v) is 8.28. The highest BCUT2D eigenvalue weighted by Gasteiger charge is 2.32. The van der Waals surface area contributed by atoms with Crippen LogP contribution in [-0.2, 0) is 11.2 Å². The molecule has 216 valence electrons. The maximum Gasteiger partial charge on any atom is 0.266 e. The van der Waals surface area contributed by atoms with Gasteiger partial charge in [0.15, 0.2) is 11.5 Å². The number of aryl methyl sites for hydroxylation is 1. The van der Waals surface area contributed by atoms with E-state index < -0.39 is 0 Å². The number of ether oxygens (including phenoxy) is 3. The summed E-state index contributed by atoms with van der Waals surface area (Å²) in [6.07, 6.45) is 5.42. The Kier molecular flexibility index (Phi) is 9.29. The molecular formula is C33H33N3O4S2. The van der Waals surface area contributed by atoms with Crippen LogP contribution in [0.5, 0.6) is 17.2 Å². The van der Waals surface area contributed by atoms with Gasteiger partial charge in [-0.05, 0) is 79.4 Å². The number of para-hydroxylation sites is 1. The van der Waals surface area contributed by atoms with Crippen molar-refractivity contribution in [3.05, 3.63) is 94.5 Å². The van der Waals surface area contributed by atoms with Crippen molar-refractivity contribution in [2.24, 2.45) is 0 Å². The Labute approximate surface area is 256 Å². The van der Waals surface area contributed by atoms with Gasteiger partial charge < -0.3 is 14.2 Å². The number of thioether (sulfide) groups is 1. The Balaban J connectivity index is 1.43. The number of nitrogens with zero attached hydrogens (tertiary/aromatic N) is 3. The van der Waals surface area contributed by atoms with Crippen LogP contribution in [0.3, 0.4) is 0 Å². The van der Waals surface area contributed by atoms with Gasteiger partial charge in [0.25, 0.3) is 5.91 Å². The molecule has 1 aromatic heterocycles. The predicted molar refractivity (Wildman–Crippen MR) is 173 cm³/mol. The molecule has 9 heteroatoms. The van der Waals surface area contributed by atoms with Crippen molar-refractivity contribution in [3.8, 4) is 34.2 Å². The lowest BCUT2D eigenvalue weighted by Crippen LogP contribution is -2.30. The average Bonchev–Trinajstić information content (AvgIpc) is 3.55. The minimum absolute atomic E-state index is 0.108. The zero-order valence-electron chi connectivity index (χ0n) is 24.1. The SMILES string of the molecule is CCCOc1ccc(-c2nn(-c3ccccc3)cc2C=C2SC(=S)N(CCc3ccc(OC)c(OC)c3)C2=O)cc1C. The highest BCUT2D eigenvalue weighted by molar-refractivity contribution is 8.26. The zero-order chi connectivity index (χ0) is 29.6. The second-order valence-electron chi connectivity index (χ2n) is 9.81. The molecule has 0 aliphatic carbocycles. The van der Waals surface area contributed by atoms with E-state index in [1.165, 1.54) is 11.8 Å². The molecule has 0 unspecified atom stereocenters. The van der Waals surface area contributed by atoms with Crippen molar-refractivity contribution in [2.45, 2.75) is 26.7 Å². The molecule has 1 aliphatic heterocycles. The van der Waals surface area contributed by atoms with E-state index in [0.29, 0.717) is 40.3 Å². The fourth-order valence-electron chi connectivity index (χ4n) is 4.71. The van der Waals surface area contributed by atoms with E-state index in [1.807, 2.05) is 84.5 Å². The molecule has 0 spiro atoms. The molecule has 1 saturated heterocycles. The number of hydrogen-bond acceptors (Lipinski definition) is 7. The lowest BCUT2D eigenvalue weighted by atomic mass is 10.0. The molecular weight excluding hydrogens is 567 g/mol. The summed E-state index contributed by atoms with van der Waals surface area (Å²) in [5.41, 5.74) is 5.55. The largest absolute Gasteiger partial charge is 0.493 e. The molecule has 0 atom stereocenters. The molecule has 5 rings (SSSR count). The first-order valence-corrected chi connectivity index (χ1v) is 15.0. The average molecular weight is 600 g/mol. The smallest absolute Gasteiger partial charge is 0.266 e. The summed E-state index contributed by atoms with van der Waals surface area (Å²) >= 11 is 6.95. The molecule has 2 heterocycles. The number of aromatic nitrogens is 2. The van der Waals surface area contributed by atoms with Gasteiger partial charge in [0.1, 0.15) is 15.8 Å². The molecule has 0 bridgehead atoms. The third-order valence-electron chi connectivity index (χ3n) is 6.91. The summed E-state index contributed by atoms with van der Waals surface area (Å²) in [4.78, 5) is 15.8. The first-order valence-electron chi connectivity index (χ1n) is 13.8. The summed E-state index contributed by atoms with van der Waals surface area (Å²) in [6, 6.07) is 21.8. The van der Waals surface area contributed by atoms with Gasteiger partial charge in [-0.2, -0.15) is 5.10 Å². The first-order chi connectivity index (χ1) is 20.4. The fraction of sp³-hybridized carbons (Fsp3) is 0.242. The maximum absolute atomic E-state index is 13.5. The summed E-state index contributed by atoms with van der Waals surface area (Å²) in [6.45, 7) is 5.25. The molecule has 1 aliphatic rings. The van der Waals surface area contributed by atoms with Crippen LogP contribution in [0.15, 0.2) is 77.8 Å². The molecule has 3 aromatic carbocycles. The maximum atomic E-state index is 13.5. The van der Waals surface area contributed by atoms with Gasteiger partial charge in [-0.25, -0.2) is 4.68 Å². The second kappa shape index (κ2) is 13.3. The number of amides is 1. The fourth-order valence-corrected chi connectivity index (χ4v) is 6.01. The minimum atomic E-state index is -0.108. The molecule has 0 radical (unpaired) electrons. The third kappa shape index (κ3) is 6.37. The Morgan fingerprint density at radius 2 is 1.74 bits per heavy atom. The number of rotatable bonds is 11. The normalized spacial score (nSPS) is 14.1. The van der Waals surface area contributed by atoms with E-state index in [1.54, 1.807) is 19.1 Å². The monoisotopic (exact) mass is 599 g/mol. The van der Waals surface area contributed by atoms with Gasteiger partial charge >= 0.3 is 0 Å². The lowest BCUT2D eigenvalue weighted by molar-refractivity contribution is -0.122. The van der Waals surface area contributed by atoms with Gasteiger partial charge in [-0.15, -0.1) is 0 Å². The van der Waals surface area contributed by atoms with E-state index >= 15 is 0 Å². The van der Waals surface area contributed by atoms with Crippen LogP contribution >= 0.6 is 24.0 Å². The van der Waals surface area contributed by atoms with Crippen LogP contribution < -0.4 is 14.2 Å². The van der Waals surface area contributed by atoms with Gasteiger partial charge in [-0.3, -0.25) is 9.69 Å². The van der Waals surface area contributed by atoms with Gasteiger partial charge in [-0.1, -0.05) is 55.2 Å². The molecule has 1 fully saturated rings. The molecule has 4 aromatic rings. The number of carbonyl (C=O) groups is 1. The van der Waals surface area contributed by atoms with Gasteiger partial charge in [0.2, 0.25) is 0 Å². The lowest BCUT2D eigenvalue weighted by Gasteiger charge is -2.15. The van der Waals surface area contributed by atoms with Crippen LogP contribution in [0.1, 0.15) is 30.0 Å². The van der Waals surface area contributed by atoms with Crippen LogP contribution in [0, 0.1) is 6.92 Å². The summed E-state index contributed by atoms with van der Waals surface area (Å²) in [5.74, 6) is 2.08. The van der Waals surface area contributed by atoms with Crippen molar-refractivity contribution >= 4 is 40.3 Å². The van der Waals surface area contributed by atoms with E-state index in [9.17, 15) is 4.79 Å². The minimum Gasteiger partial charge on any atom is -0.493 e. The van der Waals surface area contributed by atoms with Crippen LogP contribution in [0.25, 0.3) is 23.0 Å². The van der Waals surface area contributed by atoms with E-state index in [2.05, 4.69) is 13.0 Å². The molecule has 0 N–H and O–H groups in total. The van der Waals surface area contributed by atoms with Gasteiger partial charge in [0, 0.05) is 23.9 Å². The van der Waals surface area contributed by atoms with Crippen molar-refractivity contribution < 1.29 is 19.0 Å². The Morgan fingerprint density at radius 3 is 2.45 bits per heavy atom. The Hall–Kier alpha value is -4.08. The number of benzene rings is 3. The van der Waals surface area contributed by atoms with E-state index in [4.69, 9.17) is 31.5 Å². The van der Waals surface area contributed by atoms with E-state index in [-0.39, 0.29) is 5.91 Å². The topological polar surface area (TPSA) is 65.8 Å². The summed E-state index contributed by atoms with van der Waals surface area (Å²) in [5, 5.41) is 4.94. The second-order valence-corrected chi connectivity index (χ2v) is 11.5. The standard InChI is InChI=1S/C33H33N3O4S2/c1-5-17-40-27-14-12-24(18-22(27)2)31-25(21-36(34-31)26-9-7-6-8-10-26)20-30-32(37)35(33(41)42-30)16-15-23-11-13-28(38-3)29(19-23)39-4/h6-14,18-21H,5,15-17H2,1-4H3. The van der Waals surface area contributed by atoms with Crippen molar-refractivity contribution in [1.82, 2.24) is 14.7 Å². The number of methoxy groups -OCH3 is 2. The summed E-state index contributed by atoms with van der Waals surface area (Å²) < 4.78 is 19.0. The highest BCUT2D eigenvalue weighted by atomic mass is 32.2. The van der Waals surface area contributed by atoms with E-state index in [0.717, 1.165) is 45.8 Å². The number of carbonyl (C=O) groups excluding carboxylic acids is 1. The molecule has 1 amide bonds. The van der Waals surface area contributed by atoms with Crippen LogP contribution in [0.2, 0.25) is 0 Å². The summed E-state index contributed by atoms with van der Waals surface area (Å²) in [7, 11) is 3.22. The highest BCUT2D eigenvalue weighted by Crippen LogP contribution is 2.36. The zero-order valence-corrected chi connectivity index (χ0v) is 25.8. The predicted octanol–water partition coefficient (Wildman–Crippen LogP) is 7.10. The Bertz CT molecular complexity index is 1630. The Morgan fingerprint density at radius 1 is 0.976 bits per heavy atom. The van der Waals surface area contributed by atoms with Crippen molar-refractivity contribution in [3.63, 3.8) is 0 Å². The van der Waals surface area contributed by atoms with Gasteiger partial charge in [0.05, 0.1) is 31.4 Å². The molecule has 42 heavy (non-hydrogen) atoms. The molecule has 7 nitrogen and oxygen atoms in total. The van der Waals surface area contributed by atoms with Crippen molar-refractivity contribution in [2.75, 3.05) is 27.4 Å². The van der Waals surface area contributed by atoms with Crippen molar-refractivity contribution in [1.29, 1.82) is 0 Å². The molecule has 0 saturated carbocycles. The van der Waals surface area contributed by atoms with Crippen LogP contribution in [0.4, 0.5) is 0 Å². The van der Waals surface area contributed by atoms with Crippen LogP contribution in [-0.4, -0.2) is 52.3 Å². The number of thiocarbonyl (C=S) groups is 1.